The molecule has 0 unspecified atom stereocenters. The van der Waals surface area contributed by atoms with Crippen LogP contribution in [0.25, 0.3) is 0 Å². The average Bonchev–Trinajstić information content (AvgIpc) is 2.47. The Morgan fingerprint density at radius 3 is 2.81 bits per heavy atom. The molecule has 90 valence electrons. The minimum Gasteiger partial charge on any atom is -0.326 e. The zero-order chi connectivity index (χ0) is 11.6. The number of hydrogen-bond donors (Lipinski definition) is 1. The van der Waals surface area contributed by atoms with Crippen LogP contribution in [-0.2, 0) is 6.42 Å². The van der Waals surface area contributed by atoms with Gasteiger partial charge in [-0.25, -0.2) is 4.98 Å². The summed E-state index contributed by atoms with van der Waals surface area (Å²) in [4.78, 5) is 4.73. The molecule has 0 radical (unpaired) electrons. The molecule has 1 aliphatic carbocycles. The van der Waals surface area contributed by atoms with E-state index >= 15 is 0 Å². The first kappa shape index (κ1) is 12.1. The molecule has 0 bridgehead atoms. The summed E-state index contributed by atoms with van der Waals surface area (Å²) in [5.41, 5.74) is 7.28. The van der Waals surface area contributed by atoms with Crippen LogP contribution in [0.2, 0.25) is 0 Å². The third-order valence-corrected chi connectivity index (χ3v) is 4.23. The van der Waals surface area contributed by atoms with E-state index in [0.29, 0.717) is 0 Å². The molecule has 0 amide bonds. The molecule has 0 atom stereocenters. The van der Waals surface area contributed by atoms with Crippen molar-refractivity contribution in [3.8, 4) is 0 Å². The Morgan fingerprint density at radius 1 is 1.50 bits per heavy atom. The standard InChI is InChI=1S/C13H22N2S/c1-13(2,14)8-4-7-12-15-11(9-16-12)10-5-3-6-10/h9-10H,3-8,14H2,1-2H3. The number of rotatable bonds is 5. The van der Waals surface area contributed by atoms with Crippen molar-refractivity contribution in [3.05, 3.63) is 16.1 Å². The molecule has 2 rings (SSSR count). The van der Waals surface area contributed by atoms with Crippen LogP contribution in [0.15, 0.2) is 5.38 Å². The lowest BCUT2D eigenvalue weighted by Crippen LogP contribution is -2.31. The van der Waals surface area contributed by atoms with E-state index < -0.39 is 0 Å². The van der Waals surface area contributed by atoms with Gasteiger partial charge in [0.15, 0.2) is 0 Å². The fraction of sp³-hybridized carbons (Fsp3) is 0.769. The Labute approximate surface area is 102 Å². The van der Waals surface area contributed by atoms with Gasteiger partial charge >= 0.3 is 0 Å². The molecule has 1 aromatic rings. The summed E-state index contributed by atoms with van der Waals surface area (Å²) < 4.78 is 0. The second-order valence-electron chi connectivity index (χ2n) is 5.64. The molecule has 1 heterocycles. The Bertz CT molecular complexity index is 334. The first-order chi connectivity index (χ1) is 7.54. The molecule has 16 heavy (non-hydrogen) atoms. The number of nitrogens with two attached hydrogens (primary N) is 1. The summed E-state index contributed by atoms with van der Waals surface area (Å²) in [6.07, 6.45) is 7.40. The van der Waals surface area contributed by atoms with E-state index in [1.54, 1.807) is 0 Å². The molecule has 0 spiro atoms. The van der Waals surface area contributed by atoms with Gasteiger partial charge in [0, 0.05) is 16.8 Å². The largest absolute Gasteiger partial charge is 0.326 e. The maximum absolute atomic E-state index is 5.97. The van der Waals surface area contributed by atoms with E-state index in [9.17, 15) is 0 Å². The van der Waals surface area contributed by atoms with Crippen LogP contribution in [0.1, 0.15) is 62.6 Å². The first-order valence-electron chi connectivity index (χ1n) is 6.28. The van der Waals surface area contributed by atoms with E-state index in [1.165, 1.54) is 30.0 Å². The van der Waals surface area contributed by atoms with E-state index in [-0.39, 0.29) is 5.54 Å². The Balaban J connectivity index is 1.79. The highest BCUT2D eigenvalue weighted by atomic mass is 32.1. The van der Waals surface area contributed by atoms with Gasteiger partial charge in [0.25, 0.3) is 0 Å². The molecular weight excluding hydrogens is 216 g/mol. The molecule has 0 aromatic carbocycles. The van der Waals surface area contributed by atoms with Gasteiger partial charge in [0.2, 0.25) is 0 Å². The van der Waals surface area contributed by atoms with E-state index in [2.05, 4.69) is 19.2 Å². The van der Waals surface area contributed by atoms with Crippen LogP contribution in [0.5, 0.6) is 0 Å². The Hall–Kier alpha value is -0.410. The Kier molecular flexibility index (Phi) is 3.65. The molecular formula is C13H22N2S. The highest BCUT2D eigenvalue weighted by molar-refractivity contribution is 7.09. The number of aryl methyl sites for hydroxylation is 1. The third-order valence-electron chi connectivity index (χ3n) is 3.30. The normalized spacial score (nSPS) is 17.4. The van der Waals surface area contributed by atoms with Gasteiger partial charge in [-0.05, 0) is 46.0 Å². The monoisotopic (exact) mass is 238 g/mol. The SMILES string of the molecule is CC(C)(N)CCCc1nc(C2CCC2)cs1. The van der Waals surface area contributed by atoms with Gasteiger partial charge in [-0.15, -0.1) is 11.3 Å². The van der Waals surface area contributed by atoms with Crippen molar-refractivity contribution in [1.29, 1.82) is 0 Å². The van der Waals surface area contributed by atoms with E-state index in [0.717, 1.165) is 25.2 Å². The maximum atomic E-state index is 5.97. The van der Waals surface area contributed by atoms with Crippen molar-refractivity contribution in [2.45, 2.75) is 63.8 Å². The summed E-state index contributed by atoms with van der Waals surface area (Å²) >= 11 is 1.83. The number of aromatic nitrogens is 1. The first-order valence-corrected chi connectivity index (χ1v) is 7.16. The Morgan fingerprint density at radius 2 is 2.25 bits per heavy atom. The molecule has 0 saturated heterocycles. The zero-order valence-electron chi connectivity index (χ0n) is 10.3. The van der Waals surface area contributed by atoms with Gasteiger partial charge in [-0.3, -0.25) is 0 Å². The van der Waals surface area contributed by atoms with Crippen LogP contribution >= 0.6 is 11.3 Å². The van der Waals surface area contributed by atoms with Gasteiger partial charge in [-0.1, -0.05) is 6.42 Å². The van der Waals surface area contributed by atoms with Crippen molar-refractivity contribution in [1.82, 2.24) is 4.98 Å². The second kappa shape index (κ2) is 4.84. The van der Waals surface area contributed by atoms with Crippen molar-refractivity contribution >= 4 is 11.3 Å². The van der Waals surface area contributed by atoms with Gasteiger partial charge in [-0.2, -0.15) is 0 Å². The topological polar surface area (TPSA) is 38.9 Å². The summed E-state index contributed by atoms with van der Waals surface area (Å²) in [5.74, 6) is 0.774. The summed E-state index contributed by atoms with van der Waals surface area (Å²) in [7, 11) is 0. The highest BCUT2D eigenvalue weighted by Crippen LogP contribution is 2.36. The van der Waals surface area contributed by atoms with Crippen LogP contribution in [0.4, 0.5) is 0 Å². The molecule has 2 nitrogen and oxygen atoms in total. The van der Waals surface area contributed by atoms with Crippen molar-refractivity contribution in [2.75, 3.05) is 0 Å². The molecule has 3 heteroatoms. The predicted molar refractivity (Wildman–Crippen MR) is 69.9 cm³/mol. The van der Waals surface area contributed by atoms with Crippen molar-refractivity contribution in [2.24, 2.45) is 5.73 Å². The van der Waals surface area contributed by atoms with Crippen LogP contribution < -0.4 is 5.73 Å². The minimum absolute atomic E-state index is 0.0337. The van der Waals surface area contributed by atoms with Gasteiger partial charge in [0.05, 0.1) is 10.7 Å². The lowest BCUT2D eigenvalue weighted by Gasteiger charge is -2.23. The summed E-state index contributed by atoms with van der Waals surface area (Å²) in [6.45, 7) is 4.18. The molecule has 1 saturated carbocycles. The van der Waals surface area contributed by atoms with Crippen LogP contribution in [0.3, 0.4) is 0 Å². The maximum Gasteiger partial charge on any atom is 0.0928 e. The molecule has 0 aliphatic heterocycles. The second-order valence-corrected chi connectivity index (χ2v) is 6.58. The zero-order valence-corrected chi connectivity index (χ0v) is 11.1. The summed E-state index contributed by atoms with van der Waals surface area (Å²) in [6, 6.07) is 0. The van der Waals surface area contributed by atoms with Gasteiger partial charge < -0.3 is 5.73 Å². The van der Waals surface area contributed by atoms with Crippen LogP contribution in [0, 0.1) is 0 Å². The van der Waals surface area contributed by atoms with E-state index in [1.807, 2.05) is 11.3 Å². The van der Waals surface area contributed by atoms with Crippen molar-refractivity contribution in [3.63, 3.8) is 0 Å². The highest BCUT2D eigenvalue weighted by Gasteiger charge is 2.21. The quantitative estimate of drug-likeness (QED) is 0.853. The lowest BCUT2D eigenvalue weighted by molar-refractivity contribution is 0.411. The number of hydrogen-bond acceptors (Lipinski definition) is 3. The van der Waals surface area contributed by atoms with E-state index in [4.69, 9.17) is 10.7 Å². The molecule has 1 aliphatic rings. The summed E-state index contributed by atoms with van der Waals surface area (Å²) in [5, 5.41) is 3.55. The van der Waals surface area contributed by atoms with Crippen LogP contribution in [-0.4, -0.2) is 10.5 Å². The smallest absolute Gasteiger partial charge is 0.0928 e. The van der Waals surface area contributed by atoms with Gasteiger partial charge in [0.1, 0.15) is 0 Å². The predicted octanol–water partition coefficient (Wildman–Crippen LogP) is 3.47. The third kappa shape index (κ3) is 3.29. The number of thiazole rings is 1. The minimum atomic E-state index is -0.0337. The molecule has 2 N–H and O–H groups in total. The average molecular weight is 238 g/mol. The number of nitrogens with zero attached hydrogens (tertiary/aromatic N) is 1. The fourth-order valence-corrected chi connectivity index (χ4v) is 2.95. The fourth-order valence-electron chi connectivity index (χ4n) is 2.03. The molecule has 1 aromatic heterocycles. The lowest BCUT2D eigenvalue weighted by atomic mass is 9.83. The molecule has 1 fully saturated rings. The van der Waals surface area contributed by atoms with Crippen molar-refractivity contribution < 1.29 is 0 Å².